The molecule has 0 bridgehead atoms. The summed E-state index contributed by atoms with van der Waals surface area (Å²) >= 11 is 3.29. The molecule has 2 unspecified atom stereocenters. The normalized spacial score (nSPS) is 24.8. The lowest BCUT2D eigenvalue weighted by atomic mass is 9.99. The van der Waals surface area contributed by atoms with Gasteiger partial charge in [-0.2, -0.15) is 4.31 Å². The Morgan fingerprint density at radius 1 is 1.45 bits per heavy atom. The standard InChI is InChI=1S/C13H19BrN2O3S/c1-8-5-10(14)11(15)6-13(8)20(18,19)16-4-3-12(17)9(2)7-16/h5-6,9,12,17H,3-4,7,15H2,1-2H3. The molecule has 7 heteroatoms. The lowest BCUT2D eigenvalue weighted by Crippen LogP contribution is -2.45. The van der Waals surface area contributed by atoms with Crippen molar-refractivity contribution in [3.8, 4) is 0 Å². The molecule has 1 heterocycles. The summed E-state index contributed by atoms with van der Waals surface area (Å²) in [5, 5.41) is 9.72. The van der Waals surface area contributed by atoms with Crippen LogP contribution in [0.1, 0.15) is 18.9 Å². The number of aliphatic hydroxyl groups is 1. The van der Waals surface area contributed by atoms with E-state index < -0.39 is 16.1 Å². The monoisotopic (exact) mass is 362 g/mol. The number of rotatable bonds is 2. The van der Waals surface area contributed by atoms with Crippen molar-refractivity contribution in [3.63, 3.8) is 0 Å². The molecule has 0 aromatic heterocycles. The van der Waals surface area contributed by atoms with Crippen LogP contribution in [0.15, 0.2) is 21.5 Å². The van der Waals surface area contributed by atoms with Crippen LogP contribution in [0.3, 0.4) is 0 Å². The zero-order valence-corrected chi connectivity index (χ0v) is 13.9. The molecule has 1 aliphatic rings. The number of piperidine rings is 1. The minimum absolute atomic E-state index is 0.0633. The van der Waals surface area contributed by atoms with E-state index in [1.54, 1.807) is 13.0 Å². The Morgan fingerprint density at radius 3 is 2.70 bits per heavy atom. The highest BCUT2D eigenvalue weighted by Crippen LogP contribution is 2.30. The highest BCUT2D eigenvalue weighted by Gasteiger charge is 2.33. The molecule has 1 saturated heterocycles. The summed E-state index contributed by atoms with van der Waals surface area (Å²) < 4.78 is 27.5. The predicted octanol–water partition coefficient (Wildman–Crippen LogP) is 1.73. The molecule has 1 aromatic rings. The second-order valence-corrected chi connectivity index (χ2v) is 8.10. The first-order valence-corrected chi connectivity index (χ1v) is 8.70. The van der Waals surface area contributed by atoms with Crippen molar-refractivity contribution in [3.05, 3.63) is 22.2 Å². The second kappa shape index (κ2) is 5.63. The van der Waals surface area contributed by atoms with Gasteiger partial charge >= 0.3 is 0 Å². The van der Waals surface area contributed by atoms with E-state index in [1.165, 1.54) is 10.4 Å². The first-order chi connectivity index (χ1) is 9.23. The summed E-state index contributed by atoms with van der Waals surface area (Å²) in [5.74, 6) is -0.0633. The van der Waals surface area contributed by atoms with Gasteiger partial charge in [-0.25, -0.2) is 8.42 Å². The lowest BCUT2D eigenvalue weighted by Gasteiger charge is -2.33. The number of nitrogens with zero attached hydrogens (tertiary/aromatic N) is 1. The zero-order chi connectivity index (χ0) is 15.1. The molecular weight excluding hydrogens is 344 g/mol. The van der Waals surface area contributed by atoms with Gasteiger partial charge in [-0.15, -0.1) is 0 Å². The molecule has 1 aromatic carbocycles. The molecule has 0 amide bonds. The van der Waals surface area contributed by atoms with E-state index in [2.05, 4.69) is 15.9 Å². The molecule has 0 aliphatic carbocycles. The summed E-state index contributed by atoms with van der Waals surface area (Å²) in [5.41, 5.74) is 6.85. The van der Waals surface area contributed by atoms with Crippen LogP contribution in [0.4, 0.5) is 5.69 Å². The molecule has 20 heavy (non-hydrogen) atoms. The number of benzene rings is 1. The van der Waals surface area contributed by atoms with Gasteiger partial charge in [0.05, 0.1) is 11.0 Å². The highest BCUT2D eigenvalue weighted by atomic mass is 79.9. The van der Waals surface area contributed by atoms with Crippen molar-refractivity contribution < 1.29 is 13.5 Å². The van der Waals surface area contributed by atoms with Gasteiger partial charge in [0.15, 0.2) is 0 Å². The SMILES string of the molecule is Cc1cc(Br)c(N)cc1S(=O)(=O)N1CCC(O)C(C)C1. The van der Waals surface area contributed by atoms with E-state index in [9.17, 15) is 13.5 Å². The average Bonchev–Trinajstić information content (AvgIpc) is 2.36. The summed E-state index contributed by atoms with van der Waals surface area (Å²) in [7, 11) is -3.57. The predicted molar refractivity (Wildman–Crippen MR) is 81.8 cm³/mol. The van der Waals surface area contributed by atoms with Crippen molar-refractivity contribution in [2.75, 3.05) is 18.8 Å². The molecule has 3 N–H and O–H groups in total. The third kappa shape index (κ3) is 2.86. The van der Waals surface area contributed by atoms with Crippen molar-refractivity contribution in [1.82, 2.24) is 4.31 Å². The molecule has 0 saturated carbocycles. The summed E-state index contributed by atoms with van der Waals surface area (Å²) in [4.78, 5) is 0.238. The summed E-state index contributed by atoms with van der Waals surface area (Å²) in [6.45, 7) is 4.27. The van der Waals surface area contributed by atoms with Gasteiger partial charge in [-0.3, -0.25) is 0 Å². The number of aryl methyl sites for hydroxylation is 1. The quantitative estimate of drug-likeness (QED) is 0.784. The Bertz CT molecular complexity index is 618. The van der Waals surface area contributed by atoms with Crippen molar-refractivity contribution in [2.24, 2.45) is 5.92 Å². The van der Waals surface area contributed by atoms with E-state index in [0.29, 0.717) is 35.2 Å². The van der Waals surface area contributed by atoms with Crippen molar-refractivity contribution >= 4 is 31.6 Å². The highest BCUT2D eigenvalue weighted by molar-refractivity contribution is 9.10. The van der Waals surface area contributed by atoms with Crippen LogP contribution in [0, 0.1) is 12.8 Å². The molecule has 0 spiro atoms. The number of hydrogen-bond donors (Lipinski definition) is 2. The number of hydrogen-bond acceptors (Lipinski definition) is 4. The van der Waals surface area contributed by atoms with Crippen molar-refractivity contribution in [2.45, 2.75) is 31.3 Å². The number of aliphatic hydroxyl groups excluding tert-OH is 1. The maximum Gasteiger partial charge on any atom is 0.243 e. The zero-order valence-electron chi connectivity index (χ0n) is 11.5. The summed E-state index contributed by atoms with van der Waals surface area (Å²) in [6.07, 6.45) is 0.0309. The topological polar surface area (TPSA) is 83.6 Å². The third-order valence-electron chi connectivity index (χ3n) is 3.73. The van der Waals surface area contributed by atoms with Crippen LogP contribution in [-0.4, -0.2) is 37.0 Å². The van der Waals surface area contributed by atoms with E-state index in [-0.39, 0.29) is 10.8 Å². The molecule has 1 aliphatic heterocycles. The second-order valence-electron chi connectivity index (χ2n) is 5.34. The molecule has 1 fully saturated rings. The van der Waals surface area contributed by atoms with Crippen molar-refractivity contribution in [1.29, 1.82) is 0 Å². The number of nitrogen functional groups attached to an aromatic ring is 1. The first kappa shape index (κ1) is 15.8. The number of anilines is 1. The molecule has 112 valence electrons. The van der Waals surface area contributed by atoms with Crippen LogP contribution >= 0.6 is 15.9 Å². The van der Waals surface area contributed by atoms with Gasteiger partial charge in [0, 0.05) is 23.2 Å². The van der Waals surface area contributed by atoms with E-state index in [1.807, 2.05) is 6.92 Å². The smallest absolute Gasteiger partial charge is 0.243 e. The number of nitrogens with two attached hydrogens (primary N) is 1. The van der Waals surface area contributed by atoms with Crippen LogP contribution in [0.2, 0.25) is 0 Å². The third-order valence-corrected chi connectivity index (χ3v) is 6.43. The Kier molecular flexibility index (Phi) is 4.44. The van der Waals surface area contributed by atoms with Gasteiger partial charge in [-0.1, -0.05) is 6.92 Å². The van der Waals surface area contributed by atoms with E-state index >= 15 is 0 Å². The fourth-order valence-electron chi connectivity index (χ4n) is 2.40. The van der Waals surface area contributed by atoms with Crippen LogP contribution in [0.25, 0.3) is 0 Å². The largest absolute Gasteiger partial charge is 0.398 e. The fraction of sp³-hybridized carbons (Fsp3) is 0.538. The molecular formula is C13H19BrN2O3S. The number of sulfonamides is 1. The Morgan fingerprint density at radius 2 is 2.10 bits per heavy atom. The van der Waals surface area contributed by atoms with Gasteiger partial charge in [-0.05, 0) is 52.9 Å². The maximum absolute atomic E-state index is 12.7. The molecule has 5 nitrogen and oxygen atoms in total. The Hall–Kier alpha value is -0.630. The Balaban J connectivity index is 2.38. The van der Waals surface area contributed by atoms with Gasteiger partial charge in [0.1, 0.15) is 0 Å². The minimum Gasteiger partial charge on any atom is -0.398 e. The van der Waals surface area contributed by atoms with Gasteiger partial charge in [0.2, 0.25) is 10.0 Å². The van der Waals surface area contributed by atoms with Crippen LogP contribution in [0.5, 0.6) is 0 Å². The molecule has 0 radical (unpaired) electrons. The van der Waals surface area contributed by atoms with Crippen LogP contribution in [-0.2, 0) is 10.0 Å². The fourth-order valence-corrected chi connectivity index (χ4v) is 4.65. The minimum atomic E-state index is -3.57. The first-order valence-electron chi connectivity index (χ1n) is 6.47. The van der Waals surface area contributed by atoms with Crippen LogP contribution < -0.4 is 5.73 Å². The van der Waals surface area contributed by atoms with Gasteiger partial charge in [0.25, 0.3) is 0 Å². The molecule has 2 rings (SSSR count). The van der Waals surface area contributed by atoms with Gasteiger partial charge < -0.3 is 10.8 Å². The average molecular weight is 363 g/mol. The lowest BCUT2D eigenvalue weighted by molar-refractivity contribution is 0.0628. The summed E-state index contributed by atoms with van der Waals surface area (Å²) in [6, 6.07) is 3.20. The van der Waals surface area contributed by atoms with E-state index in [0.717, 1.165) is 0 Å². The van der Waals surface area contributed by atoms with E-state index in [4.69, 9.17) is 5.73 Å². The number of halogens is 1. The Labute approximate surface area is 128 Å². The molecule has 2 atom stereocenters. The maximum atomic E-state index is 12.7.